The maximum absolute atomic E-state index is 12.9. The van der Waals surface area contributed by atoms with Crippen molar-refractivity contribution < 1.29 is 23.7 Å². The smallest absolute Gasteiger partial charge is 0.257 e. The van der Waals surface area contributed by atoms with Crippen molar-refractivity contribution in [3.63, 3.8) is 0 Å². The quantitative estimate of drug-likeness (QED) is 0.707. The maximum atomic E-state index is 12.9. The number of ether oxygens (including phenoxy) is 4. The SMILES string of the molecule is CCOCCOc1ccccc1C(=O)N1CCC(C2OCCO2)CC1. The molecule has 0 N–H and O–H groups in total. The second kappa shape index (κ2) is 9.17. The third-order valence-corrected chi connectivity index (χ3v) is 4.67. The van der Waals surface area contributed by atoms with Crippen LogP contribution in [0.25, 0.3) is 0 Å². The largest absolute Gasteiger partial charge is 0.490 e. The first kappa shape index (κ1) is 18.2. The Morgan fingerprint density at radius 3 is 2.60 bits per heavy atom. The number of amides is 1. The molecule has 1 aromatic carbocycles. The van der Waals surface area contributed by atoms with Gasteiger partial charge in [-0.2, -0.15) is 0 Å². The van der Waals surface area contributed by atoms with Gasteiger partial charge in [-0.3, -0.25) is 4.79 Å². The second-order valence-corrected chi connectivity index (χ2v) is 6.28. The van der Waals surface area contributed by atoms with Gasteiger partial charge in [-0.05, 0) is 31.9 Å². The molecule has 2 heterocycles. The molecule has 25 heavy (non-hydrogen) atoms. The van der Waals surface area contributed by atoms with Crippen molar-refractivity contribution in [1.29, 1.82) is 0 Å². The zero-order chi connectivity index (χ0) is 17.5. The van der Waals surface area contributed by atoms with Crippen molar-refractivity contribution in [3.8, 4) is 5.75 Å². The van der Waals surface area contributed by atoms with Gasteiger partial charge < -0.3 is 23.8 Å². The highest BCUT2D eigenvalue weighted by Crippen LogP contribution is 2.28. The second-order valence-electron chi connectivity index (χ2n) is 6.28. The van der Waals surface area contributed by atoms with Gasteiger partial charge in [0.1, 0.15) is 12.4 Å². The normalized spacial score (nSPS) is 19.3. The van der Waals surface area contributed by atoms with Crippen LogP contribution in [0, 0.1) is 5.92 Å². The molecule has 2 saturated heterocycles. The molecule has 0 radical (unpaired) electrons. The molecule has 0 spiro atoms. The van der Waals surface area contributed by atoms with Gasteiger partial charge >= 0.3 is 0 Å². The Labute approximate surface area is 149 Å². The molecule has 0 bridgehead atoms. The first-order valence-electron chi connectivity index (χ1n) is 9.11. The number of carbonyl (C=O) groups excluding carboxylic acids is 1. The number of hydrogen-bond acceptors (Lipinski definition) is 5. The van der Waals surface area contributed by atoms with E-state index in [2.05, 4.69) is 0 Å². The highest BCUT2D eigenvalue weighted by Gasteiger charge is 2.32. The van der Waals surface area contributed by atoms with Gasteiger partial charge in [0.05, 0.1) is 25.4 Å². The minimum absolute atomic E-state index is 0.0266. The van der Waals surface area contributed by atoms with Gasteiger partial charge in [0.25, 0.3) is 5.91 Å². The van der Waals surface area contributed by atoms with Crippen LogP contribution in [0.15, 0.2) is 24.3 Å². The van der Waals surface area contributed by atoms with E-state index in [1.165, 1.54) is 0 Å². The zero-order valence-corrected chi connectivity index (χ0v) is 14.8. The van der Waals surface area contributed by atoms with E-state index in [9.17, 15) is 4.79 Å². The summed E-state index contributed by atoms with van der Waals surface area (Å²) in [6.45, 7) is 6.37. The number of hydrogen-bond donors (Lipinski definition) is 0. The van der Waals surface area contributed by atoms with Crippen molar-refractivity contribution in [2.24, 2.45) is 5.92 Å². The first-order valence-corrected chi connectivity index (χ1v) is 9.11. The van der Waals surface area contributed by atoms with E-state index in [0.717, 1.165) is 25.9 Å². The van der Waals surface area contributed by atoms with Gasteiger partial charge in [-0.15, -0.1) is 0 Å². The van der Waals surface area contributed by atoms with Crippen molar-refractivity contribution in [1.82, 2.24) is 4.90 Å². The summed E-state index contributed by atoms with van der Waals surface area (Å²) in [5, 5.41) is 0. The van der Waals surface area contributed by atoms with Crippen molar-refractivity contribution in [3.05, 3.63) is 29.8 Å². The Morgan fingerprint density at radius 1 is 1.16 bits per heavy atom. The molecule has 0 unspecified atom stereocenters. The Morgan fingerprint density at radius 2 is 1.88 bits per heavy atom. The van der Waals surface area contributed by atoms with Gasteiger partial charge in [0, 0.05) is 25.6 Å². The van der Waals surface area contributed by atoms with Crippen molar-refractivity contribution >= 4 is 5.91 Å². The Hall–Kier alpha value is -1.63. The van der Waals surface area contributed by atoms with Crippen LogP contribution in [0.3, 0.4) is 0 Å². The van der Waals surface area contributed by atoms with Crippen molar-refractivity contribution in [2.45, 2.75) is 26.1 Å². The van der Waals surface area contributed by atoms with Crippen molar-refractivity contribution in [2.75, 3.05) is 46.1 Å². The van der Waals surface area contributed by atoms with Crippen LogP contribution in [-0.4, -0.2) is 63.2 Å². The standard InChI is InChI=1S/C19H27NO5/c1-2-22-11-12-23-17-6-4-3-5-16(17)18(21)20-9-7-15(8-10-20)19-24-13-14-25-19/h3-6,15,19H,2,7-14H2,1H3. The monoisotopic (exact) mass is 349 g/mol. The summed E-state index contributed by atoms with van der Waals surface area (Å²) in [5.74, 6) is 1.03. The average molecular weight is 349 g/mol. The van der Waals surface area contributed by atoms with Crippen LogP contribution in [0.4, 0.5) is 0 Å². The lowest BCUT2D eigenvalue weighted by Gasteiger charge is -2.34. The molecule has 138 valence electrons. The topological polar surface area (TPSA) is 57.2 Å². The molecule has 3 rings (SSSR count). The zero-order valence-electron chi connectivity index (χ0n) is 14.8. The molecule has 0 aliphatic carbocycles. The van der Waals surface area contributed by atoms with Gasteiger partial charge in [-0.1, -0.05) is 12.1 Å². The maximum Gasteiger partial charge on any atom is 0.257 e. The van der Waals surface area contributed by atoms with Gasteiger partial charge in [0.15, 0.2) is 6.29 Å². The predicted octanol–water partition coefficient (Wildman–Crippen LogP) is 2.33. The number of piperidine rings is 1. The molecule has 1 amide bonds. The molecule has 0 aromatic heterocycles. The number of likely N-dealkylation sites (tertiary alicyclic amines) is 1. The van der Waals surface area contributed by atoms with Crippen LogP contribution in [0.2, 0.25) is 0 Å². The fourth-order valence-corrected chi connectivity index (χ4v) is 3.32. The minimum atomic E-state index is -0.0913. The van der Waals surface area contributed by atoms with Crippen LogP contribution in [0.1, 0.15) is 30.1 Å². The number of rotatable bonds is 7. The fraction of sp³-hybridized carbons (Fsp3) is 0.632. The number of benzene rings is 1. The first-order chi connectivity index (χ1) is 12.3. The van der Waals surface area contributed by atoms with E-state index < -0.39 is 0 Å². The van der Waals surface area contributed by atoms with E-state index in [0.29, 0.717) is 50.3 Å². The molecule has 6 heteroatoms. The predicted molar refractivity (Wildman–Crippen MR) is 92.7 cm³/mol. The Bertz CT molecular complexity index is 551. The lowest BCUT2D eigenvalue weighted by molar-refractivity contribution is -0.0956. The summed E-state index contributed by atoms with van der Waals surface area (Å²) < 4.78 is 22.2. The van der Waals surface area contributed by atoms with E-state index in [1.807, 2.05) is 36.1 Å². The highest BCUT2D eigenvalue weighted by molar-refractivity contribution is 5.97. The summed E-state index contributed by atoms with van der Waals surface area (Å²) in [5.41, 5.74) is 0.616. The van der Waals surface area contributed by atoms with E-state index >= 15 is 0 Å². The molecule has 0 saturated carbocycles. The molecule has 2 aliphatic heterocycles. The lowest BCUT2D eigenvalue weighted by Crippen LogP contribution is -2.41. The van der Waals surface area contributed by atoms with Gasteiger partial charge in [-0.25, -0.2) is 0 Å². The molecular weight excluding hydrogens is 322 g/mol. The van der Waals surface area contributed by atoms with Crippen LogP contribution < -0.4 is 4.74 Å². The summed E-state index contributed by atoms with van der Waals surface area (Å²) in [7, 11) is 0. The Kier molecular flexibility index (Phi) is 6.67. The lowest BCUT2D eigenvalue weighted by atomic mass is 9.95. The summed E-state index contributed by atoms with van der Waals surface area (Å²) in [4.78, 5) is 14.8. The molecule has 6 nitrogen and oxygen atoms in total. The van der Waals surface area contributed by atoms with Gasteiger partial charge in [0.2, 0.25) is 0 Å². The van der Waals surface area contributed by atoms with E-state index in [4.69, 9.17) is 18.9 Å². The third kappa shape index (κ3) is 4.71. The molecule has 1 aromatic rings. The third-order valence-electron chi connectivity index (χ3n) is 4.67. The van der Waals surface area contributed by atoms with E-state index in [-0.39, 0.29) is 12.2 Å². The highest BCUT2D eigenvalue weighted by atomic mass is 16.7. The average Bonchev–Trinajstić information content (AvgIpc) is 3.20. The summed E-state index contributed by atoms with van der Waals surface area (Å²) >= 11 is 0. The number of para-hydroxylation sites is 1. The molecule has 0 atom stereocenters. The molecule has 2 aliphatic rings. The molecule has 2 fully saturated rings. The van der Waals surface area contributed by atoms with Crippen LogP contribution in [-0.2, 0) is 14.2 Å². The van der Waals surface area contributed by atoms with E-state index in [1.54, 1.807) is 0 Å². The number of carbonyl (C=O) groups is 1. The van der Waals surface area contributed by atoms with Crippen LogP contribution in [0.5, 0.6) is 5.75 Å². The number of nitrogens with zero attached hydrogens (tertiary/aromatic N) is 1. The Balaban J connectivity index is 1.56. The molecular formula is C19H27NO5. The summed E-state index contributed by atoms with van der Waals surface area (Å²) in [6.07, 6.45) is 1.72. The van der Waals surface area contributed by atoms with Crippen LogP contribution >= 0.6 is 0 Å². The minimum Gasteiger partial charge on any atom is -0.490 e. The summed E-state index contributed by atoms with van der Waals surface area (Å²) in [6, 6.07) is 7.42. The fourth-order valence-electron chi connectivity index (χ4n) is 3.32.